The van der Waals surface area contributed by atoms with Crippen LogP contribution in [0, 0.1) is 0 Å². The lowest BCUT2D eigenvalue weighted by Crippen LogP contribution is -2.22. The third-order valence-electron chi connectivity index (χ3n) is 4.11. The predicted molar refractivity (Wildman–Crippen MR) is 136 cm³/mol. The van der Waals surface area contributed by atoms with Crippen molar-refractivity contribution >= 4 is 35.6 Å². The number of nitrogens with one attached hydrogen (secondary N) is 1. The Labute approximate surface area is 200 Å². The Morgan fingerprint density at radius 2 is 1.81 bits per heavy atom. The van der Waals surface area contributed by atoms with Crippen molar-refractivity contribution in [3.63, 3.8) is 0 Å². The van der Waals surface area contributed by atoms with Gasteiger partial charge in [0.2, 0.25) is 5.88 Å². The van der Waals surface area contributed by atoms with E-state index in [0.29, 0.717) is 30.7 Å². The number of aromatic nitrogens is 1. The number of halogens is 1. The van der Waals surface area contributed by atoms with Gasteiger partial charge in [0.05, 0.1) is 6.54 Å². The van der Waals surface area contributed by atoms with Gasteiger partial charge in [-0.05, 0) is 50.0 Å². The first-order valence-corrected chi connectivity index (χ1v) is 9.71. The number of guanidine groups is 1. The Hall–Kier alpha value is -2.85. The minimum Gasteiger partial charge on any atom is -0.476 e. The van der Waals surface area contributed by atoms with E-state index < -0.39 is 0 Å². The zero-order valence-corrected chi connectivity index (χ0v) is 20.0. The van der Waals surface area contributed by atoms with Crippen molar-refractivity contribution in [1.29, 1.82) is 0 Å². The largest absolute Gasteiger partial charge is 0.476 e. The summed E-state index contributed by atoms with van der Waals surface area (Å²) in [5.74, 6) is 2.39. The van der Waals surface area contributed by atoms with Gasteiger partial charge >= 0.3 is 0 Å². The van der Waals surface area contributed by atoms with E-state index in [1.54, 1.807) is 6.20 Å². The molecule has 3 N–H and O–H groups in total. The van der Waals surface area contributed by atoms with Crippen LogP contribution in [0.4, 0.5) is 5.69 Å². The summed E-state index contributed by atoms with van der Waals surface area (Å²) in [5, 5.41) is 3.10. The minimum absolute atomic E-state index is 0. The topological polar surface area (TPSA) is 85.0 Å². The first-order chi connectivity index (χ1) is 14.6. The van der Waals surface area contributed by atoms with Gasteiger partial charge in [-0.3, -0.25) is 0 Å². The maximum absolute atomic E-state index is 6.05. The number of hydrogen-bond donors (Lipinski definition) is 2. The third-order valence-corrected chi connectivity index (χ3v) is 4.11. The molecule has 0 amide bonds. The number of benzene rings is 2. The molecule has 164 valence electrons. The third kappa shape index (κ3) is 8.81. The predicted octanol–water partition coefficient (Wildman–Crippen LogP) is 4.36. The van der Waals surface area contributed by atoms with E-state index in [4.69, 9.17) is 15.2 Å². The van der Waals surface area contributed by atoms with Crippen molar-refractivity contribution in [2.45, 2.75) is 6.54 Å². The average Bonchev–Trinajstić information content (AvgIpc) is 2.73. The normalized spacial score (nSPS) is 11.0. The van der Waals surface area contributed by atoms with Crippen molar-refractivity contribution in [2.24, 2.45) is 10.7 Å². The van der Waals surface area contributed by atoms with Crippen molar-refractivity contribution in [2.75, 3.05) is 32.6 Å². The molecular formula is C23H28IN5O2. The average molecular weight is 533 g/mol. The molecule has 0 saturated heterocycles. The zero-order valence-electron chi connectivity index (χ0n) is 17.7. The Morgan fingerprint density at radius 1 is 1.03 bits per heavy atom. The van der Waals surface area contributed by atoms with Crippen molar-refractivity contribution in [3.8, 4) is 17.4 Å². The molecule has 1 heterocycles. The summed E-state index contributed by atoms with van der Waals surface area (Å²) in [6.45, 7) is 1.83. The number of nitrogens with zero attached hydrogens (tertiary/aromatic N) is 3. The number of hydrogen-bond acceptors (Lipinski definition) is 5. The Morgan fingerprint density at radius 3 is 2.58 bits per heavy atom. The van der Waals surface area contributed by atoms with Crippen LogP contribution in [0.2, 0.25) is 0 Å². The lowest BCUT2D eigenvalue weighted by Gasteiger charge is -2.11. The van der Waals surface area contributed by atoms with E-state index in [2.05, 4.69) is 20.2 Å². The van der Waals surface area contributed by atoms with Crippen molar-refractivity contribution in [3.05, 3.63) is 78.5 Å². The second-order valence-electron chi connectivity index (χ2n) is 6.92. The maximum Gasteiger partial charge on any atom is 0.213 e. The standard InChI is InChI=1S/C23H27N5O2.HI/c1-28(2)13-14-29-22-15-18(11-12-25-22)17-26-23(24)27-19-7-6-10-21(16-19)30-20-8-4-3-5-9-20;/h3-12,15-16H,13-14,17H2,1-2H3,(H3,24,26,27);1H. The molecule has 0 bridgehead atoms. The number of pyridine rings is 1. The van der Waals surface area contributed by atoms with Gasteiger partial charge in [-0.15, -0.1) is 24.0 Å². The number of nitrogens with two attached hydrogens (primary N) is 1. The highest BCUT2D eigenvalue weighted by Crippen LogP contribution is 2.23. The summed E-state index contributed by atoms with van der Waals surface area (Å²) in [6.07, 6.45) is 1.71. The SMILES string of the molecule is CN(C)CCOc1cc(CN=C(N)Nc2cccc(Oc3ccccc3)c2)ccn1.I. The monoisotopic (exact) mass is 533 g/mol. The van der Waals surface area contributed by atoms with Crippen LogP contribution in [0.25, 0.3) is 0 Å². The second kappa shape index (κ2) is 12.8. The van der Waals surface area contributed by atoms with Crippen LogP contribution < -0.4 is 20.5 Å². The van der Waals surface area contributed by atoms with Gasteiger partial charge in [0.1, 0.15) is 18.1 Å². The van der Waals surface area contributed by atoms with Crippen LogP contribution in [0.3, 0.4) is 0 Å². The summed E-state index contributed by atoms with van der Waals surface area (Å²) in [5.41, 5.74) is 7.82. The van der Waals surface area contributed by atoms with Crippen LogP contribution >= 0.6 is 24.0 Å². The fraction of sp³-hybridized carbons (Fsp3) is 0.217. The summed E-state index contributed by atoms with van der Waals surface area (Å²) >= 11 is 0. The molecule has 3 rings (SSSR count). The first kappa shape index (κ1) is 24.4. The summed E-state index contributed by atoms with van der Waals surface area (Å²) in [6, 6.07) is 21.0. The Kier molecular flexibility index (Phi) is 10.0. The molecule has 0 atom stereocenters. The lowest BCUT2D eigenvalue weighted by atomic mass is 10.2. The molecule has 0 saturated carbocycles. The van der Waals surface area contributed by atoms with E-state index in [-0.39, 0.29) is 24.0 Å². The molecule has 2 aromatic carbocycles. The molecule has 7 nitrogen and oxygen atoms in total. The van der Waals surface area contributed by atoms with Gasteiger partial charge in [0.15, 0.2) is 5.96 Å². The quantitative estimate of drug-likeness (QED) is 0.242. The molecule has 1 aromatic heterocycles. The highest BCUT2D eigenvalue weighted by molar-refractivity contribution is 14.0. The number of ether oxygens (including phenoxy) is 2. The van der Waals surface area contributed by atoms with E-state index >= 15 is 0 Å². The molecule has 0 aliphatic heterocycles. The number of anilines is 1. The first-order valence-electron chi connectivity index (χ1n) is 9.71. The van der Waals surface area contributed by atoms with Gasteiger partial charge in [0, 0.05) is 30.6 Å². The highest BCUT2D eigenvalue weighted by Gasteiger charge is 2.02. The molecule has 0 aliphatic carbocycles. The van der Waals surface area contributed by atoms with Crippen molar-refractivity contribution in [1.82, 2.24) is 9.88 Å². The van der Waals surface area contributed by atoms with Gasteiger partial charge in [0.25, 0.3) is 0 Å². The van der Waals surface area contributed by atoms with Gasteiger partial charge in [-0.2, -0.15) is 0 Å². The van der Waals surface area contributed by atoms with Gasteiger partial charge < -0.3 is 25.4 Å². The zero-order chi connectivity index (χ0) is 21.2. The summed E-state index contributed by atoms with van der Waals surface area (Å²) in [7, 11) is 4.00. The van der Waals surface area contributed by atoms with Gasteiger partial charge in [-0.1, -0.05) is 24.3 Å². The molecule has 0 spiro atoms. The molecule has 0 fully saturated rings. The van der Waals surface area contributed by atoms with Crippen LogP contribution in [-0.2, 0) is 6.54 Å². The fourth-order valence-electron chi connectivity index (χ4n) is 2.59. The van der Waals surface area contributed by atoms with E-state index in [1.165, 1.54) is 0 Å². The van der Waals surface area contributed by atoms with E-state index in [9.17, 15) is 0 Å². The van der Waals surface area contributed by atoms with Crippen LogP contribution in [0.15, 0.2) is 77.9 Å². The molecule has 8 heteroatoms. The van der Waals surface area contributed by atoms with Crippen LogP contribution in [0.5, 0.6) is 17.4 Å². The fourth-order valence-corrected chi connectivity index (χ4v) is 2.59. The van der Waals surface area contributed by atoms with Crippen LogP contribution in [-0.4, -0.2) is 43.1 Å². The number of para-hydroxylation sites is 1. The lowest BCUT2D eigenvalue weighted by molar-refractivity contribution is 0.253. The molecule has 0 unspecified atom stereocenters. The smallest absolute Gasteiger partial charge is 0.213 e. The highest BCUT2D eigenvalue weighted by atomic mass is 127. The van der Waals surface area contributed by atoms with Gasteiger partial charge in [-0.25, -0.2) is 9.98 Å². The molecule has 0 aliphatic rings. The van der Waals surface area contributed by atoms with E-state index in [0.717, 1.165) is 23.5 Å². The second-order valence-corrected chi connectivity index (χ2v) is 6.92. The summed E-state index contributed by atoms with van der Waals surface area (Å²) in [4.78, 5) is 10.7. The number of likely N-dealkylation sites (N-methyl/N-ethyl adjacent to an activating group) is 1. The molecule has 31 heavy (non-hydrogen) atoms. The Bertz CT molecular complexity index is 967. The van der Waals surface area contributed by atoms with E-state index in [1.807, 2.05) is 80.8 Å². The molecule has 3 aromatic rings. The molecule has 0 radical (unpaired) electrons. The van der Waals surface area contributed by atoms with Crippen LogP contribution in [0.1, 0.15) is 5.56 Å². The maximum atomic E-state index is 6.05. The number of aliphatic imine (C=N–C) groups is 1. The summed E-state index contributed by atoms with van der Waals surface area (Å²) < 4.78 is 11.5. The number of rotatable bonds is 9. The Balaban J connectivity index is 0.00000341. The minimum atomic E-state index is 0. The van der Waals surface area contributed by atoms with Crippen molar-refractivity contribution < 1.29 is 9.47 Å². The molecular weight excluding hydrogens is 505 g/mol.